The number of carbonyl (C=O) groups excluding carboxylic acids is 3. The minimum absolute atomic E-state index is 0.0692. The van der Waals surface area contributed by atoms with Gasteiger partial charge in [-0.05, 0) is 62.2 Å². The van der Waals surface area contributed by atoms with Crippen molar-refractivity contribution >= 4 is 23.3 Å². The predicted octanol–water partition coefficient (Wildman–Crippen LogP) is 2.76. The maximum Gasteiger partial charge on any atom is 0.260 e. The van der Waals surface area contributed by atoms with Crippen molar-refractivity contribution < 1.29 is 24.2 Å². The van der Waals surface area contributed by atoms with E-state index in [9.17, 15) is 19.5 Å². The minimum atomic E-state index is -0.365. The van der Waals surface area contributed by atoms with Crippen molar-refractivity contribution in [2.75, 3.05) is 25.0 Å². The first-order valence-electron chi connectivity index (χ1n) is 9.64. The SMILES string of the molecule is CCN(CC)C(=O)COc1ccc(C(=O)c2cc3c(cc2O)CCC(=O)N3)cc1. The summed E-state index contributed by atoms with van der Waals surface area (Å²) >= 11 is 0. The van der Waals surface area contributed by atoms with Crippen LogP contribution in [-0.2, 0) is 16.0 Å². The van der Waals surface area contributed by atoms with Crippen LogP contribution >= 0.6 is 0 Å². The summed E-state index contributed by atoms with van der Waals surface area (Å²) in [5, 5.41) is 13.0. The van der Waals surface area contributed by atoms with Gasteiger partial charge in [0.1, 0.15) is 11.5 Å². The van der Waals surface area contributed by atoms with Crippen LogP contribution in [-0.4, -0.2) is 47.3 Å². The molecule has 2 aromatic carbocycles. The molecule has 1 aliphatic heterocycles. The topological polar surface area (TPSA) is 95.9 Å². The van der Waals surface area contributed by atoms with Gasteiger partial charge in [-0.1, -0.05) is 0 Å². The number of fused-ring (bicyclic) bond motifs is 1. The maximum atomic E-state index is 12.8. The Bertz CT molecular complexity index is 933. The number of hydrogen-bond donors (Lipinski definition) is 2. The Labute approximate surface area is 169 Å². The lowest BCUT2D eigenvalue weighted by Gasteiger charge is -2.19. The van der Waals surface area contributed by atoms with Crippen molar-refractivity contribution in [2.24, 2.45) is 0 Å². The summed E-state index contributed by atoms with van der Waals surface area (Å²) in [6, 6.07) is 9.42. The summed E-state index contributed by atoms with van der Waals surface area (Å²) in [4.78, 5) is 38.1. The van der Waals surface area contributed by atoms with Crippen molar-refractivity contribution in [3.63, 3.8) is 0 Å². The van der Waals surface area contributed by atoms with Gasteiger partial charge in [-0.15, -0.1) is 0 Å². The first-order valence-corrected chi connectivity index (χ1v) is 9.64. The van der Waals surface area contributed by atoms with Crippen LogP contribution in [0.1, 0.15) is 41.8 Å². The number of benzene rings is 2. The fourth-order valence-electron chi connectivity index (χ4n) is 3.27. The first kappa shape index (κ1) is 20.4. The molecule has 0 saturated carbocycles. The number of likely N-dealkylation sites (N-methyl/N-ethyl adjacent to an activating group) is 1. The molecule has 0 spiro atoms. The molecule has 7 heteroatoms. The number of anilines is 1. The van der Waals surface area contributed by atoms with Crippen molar-refractivity contribution in [3.8, 4) is 11.5 Å². The molecule has 0 bridgehead atoms. The number of aromatic hydroxyl groups is 1. The summed E-state index contributed by atoms with van der Waals surface area (Å²) in [7, 11) is 0. The van der Waals surface area contributed by atoms with Gasteiger partial charge in [0.15, 0.2) is 12.4 Å². The monoisotopic (exact) mass is 396 g/mol. The second-order valence-electron chi connectivity index (χ2n) is 6.78. The lowest BCUT2D eigenvalue weighted by atomic mass is 9.96. The number of phenols is 1. The highest BCUT2D eigenvalue weighted by Gasteiger charge is 2.21. The highest BCUT2D eigenvalue weighted by molar-refractivity contribution is 6.12. The number of amides is 2. The maximum absolute atomic E-state index is 12.8. The molecule has 0 saturated heterocycles. The molecule has 0 fully saturated rings. The number of phenolic OH excluding ortho intramolecular Hbond substituents is 1. The number of nitrogens with zero attached hydrogens (tertiary/aromatic N) is 1. The van der Waals surface area contributed by atoms with Gasteiger partial charge in [-0.25, -0.2) is 0 Å². The fourth-order valence-corrected chi connectivity index (χ4v) is 3.27. The quantitative estimate of drug-likeness (QED) is 0.554. The van der Waals surface area contributed by atoms with E-state index in [-0.39, 0.29) is 35.5 Å². The molecule has 2 amide bonds. The number of nitrogens with one attached hydrogen (secondary N) is 1. The lowest BCUT2D eigenvalue weighted by Crippen LogP contribution is -2.34. The molecule has 1 heterocycles. The van der Waals surface area contributed by atoms with Crippen LogP contribution in [0.3, 0.4) is 0 Å². The number of hydrogen-bond acceptors (Lipinski definition) is 5. The van der Waals surface area contributed by atoms with Crippen LogP contribution in [0.2, 0.25) is 0 Å². The van der Waals surface area contributed by atoms with Crippen LogP contribution in [0.5, 0.6) is 11.5 Å². The predicted molar refractivity (Wildman–Crippen MR) is 108 cm³/mol. The van der Waals surface area contributed by atoms with Crippen LogP contribution in [0.4, 0.5) is 5.69 Å². The summed E-state index contributed by atoms with van der Waals surface area (Å²) < 4.78 is 5.50. The van der Waals surface area contributed by atoms with E-state index in [2.05, 4.69) is 5.32 Å². The number of carbonyl (C=O) groups is 3. The third-order valence-electron chi connectivity index (χ3n) is 4.96. The van der Waals surface area contributed by atoms with Gasteiger partial charge >= 0.3 is 0 Å². The van der Waals surface area contributed by atoms with E-state index in [1.54, 1.807) is 29.2 Å². The minimum Gasteiger partial charge on any atom is -0.507 e. The van der Waals surface area contributed by atoms with E-state index in [4.69, 9.17) is 4.74 Å². The Hall–Kier alpha value is -3.35. The average Bonchev–Trinajstić information content (AvgIpc) is 2.73. The molecule has 152 valence electrons. The average molecular weight is 396 g/mol. The summed E-state index contributed by atoms with van der Waals surface area (Å²) in [6.07, 6.45) is 0.888. The van der Waals surface area contributed by atoms with Gasteiger partial charge in [-0.2, -0.15) is 0 Å². The van der Waals surface area contributed by atoms with E-state index < -0.39 is 0 Å². The van der Waals surface area contributed by atoms with Gasteiger partial charge in [0.25, 0.3) is 5.91 Å². The zero-order chi connectivity index (χ0) is 21.0. The molecule has 0 radical (unpaired) electrons. The standard InChI is InChI=1S/C22H24N2O5/c1-3-24(4-2)21(27)13-29-16-8-5-14(6-9-16)22(28)17-12-18-15(11-19(17)25)7-10-20(26)23-18/h5-6,8-9,11-12,25H,3-4,7,10,13H2,1-2H3,(H,23,26). The van der Waals surface area contributed by atoms with Gasteiger partial charge in [0.05, 0.1) is 5.56 Å². The van der Waals surface area contributed by atoms with Gasteiger partial charge in [0, 0.05) is 30.8 Å². The Morgan fingerprint density at radius 1 is 1.10 bits per heavy atom. The fraction of sp³-hybridized carbons (Fsp3) is 0.318. The van der Waals surface area contributed by atoms with Crippen LogP contribution in [0.25, 0.3) is 0 Å². The number of ketones is 1. The smallest absolute Gasteiger partial charge is 0.260 e. The molecule has 2 aromatic rings. The molecule has 0 unspecified atom stereocenters. The van der Waals surface area contributed by atoms with Gasteiger partial charge < -0.3 is 20.1 Å². The second kappa shape index (κ2) is 8.77. The van der Waals surface area contributed by atoms with Crippen molar-refractivity contribution in [3.05, 3.63) is 53.1 Å². The Morgan fingerprint density at radius 3 is 2.45 bits per heavy atom. The number of ether oxygens (including phenoxy) is 1. The third-order valence-corrected chi connectivity index (χ3v) is 4.96. The lowest BCUT2D eigenvalue weighted by molar-refractivity contribution is -0.133. The van der Waals surface area contributed by atoms with E-state index in [1.165, 1.54) is 12.1 Å². The molecule has 1 aliphatic rings. The van der Waals surface area contributed by atoms with E-state index >= 15 is 0 Å². The largest absolute Gasteiger partial charge is 0.507 e. The van der Waals surface area contributed by atoms with E-state index in [1.807, 2.05) is 13.8 Å². The Morgan fingerprint density at radius 2 is 1.79 bits per heavy atom. The van der Waals surface area contributed by atoms with Crippen molar-refractivity contribution in [1.82, 2.24) is 4.90 Å². The second-order valence-corrected chi connectivity index (χ2v) is 6.78. The summed E-state index contributed by atoms with van der Waals surface area (Å²) in [6.45, 7) is 4.99. The Balaban J connectivity index is 1.72. The van der Waals surface area contributed by atoms with Crippen LogP contribution in [0.15, 0.2) is 36.4 Å². The number of rotatable bonds is 7. The van der Waals surface area contributed by atoms with Gasteiger partial charge in [-0.3, -0.25) is 14.4 Å². The zero-order valence-electron chi connectivity index (χ0n) is 16.5. The molecular weight excluding hydrogens is 372 g/mol. The normalized spacial score (nSPS) is 12.7. The van der Waals surface area contributed by atoms with E-state index in [0.29, 0.717) is 42.9 Å². The highest BCUT2D eigenvalue weighted by Crippen LogP contribution is 2.31. The first-order chi connectivity index (χ1) is 13.9. The van der Waals surface area contributed by atoms with E-state index in [0.717, 1.165) is 5.56 Å². The molecule has 3 rings (SSSR count). The molecule has 0 atom stereocenters. The van der Waals surface area contributed by atoms with Crippen molar-refractivity contribution in [1.29, 1.82) is 0 Å². The molecule has 2 N–H and O–H groups in total. The summed E-state index contributed by atoms with van der Waals surface area (Å²) in [5.74, 6) is -0.214. The Kier molecular flexibility index (Phi) is 6.16. The zero-order valence-corrected chi connectivity index (χ0v) is 16.5. The summed E-state index contributed by atoms with van der Waals surface area (Å²) in [5.41, 5.74) is 1.85. The molecule has 7 nitrogen and oxygen atoms in total. The molecule has 0 aliphatic carbocycles. The number of aryl methyl sites for hydroxylation is 1. The molecular formula is C22H24N2O5. The molecule has 29 heavy (non-hydrogen) atoms. The highest BCUT2D eigenvalue weighted by atomic mass is 16.5. The van der Waals surface area contributed by atoms with Crippen molar-refractivity contribution in [2.45, 2.75) is 26.7 Å². The third kappa shape index (κ3) is 4.56. The van der Waals surface area contributed by atoms with Gasteiger partial charge in [0.2, 0.25) is 5.91 Å². The molecule has 0 aromatic heterocycles. The van der Waals surface area contributed by atoms with Crippen LogP contribution < -0.4 is 10.1 Å². The van der Waals surface area contributed by atoms with Crippen LogP contribution in [0, 0.1) is 0 Å².